The molecule has 0 aromatic carbocycles. The van der Waals surface area contributed by atoms with Crippen molar-refractivity contribution in [3.05, 3.63) is 11.8 Å². The van der Waals surface area contributed by atoms with Crippen LogP contribution < -0.4 is 5.73 Å². The fraction of sp³-hybridized carbons (Fsp3) is 0.786. The van der Waals surface area contributed by atoms with Gasteiger partial charge in [0, 0.05) is 19.3 Å². The van der Waals surface area contributed by atoms with Gasteiger partial charge in [-0.25, -0.2) is 0 Å². The summed E-state index contributed by atoms with van der Waals surface area (Å²) >= 11 is 0. The van der Waals surface area contributed by atoms with Gasteiger partial charge in [-0.15, -0.1) is 0 Å². The van der Waals surface area contributed by atoms with Gasteiger partial charge >= 0.3 is 0 Å². The molecule has 3 nitrogen and oxygen atoms in total. The van der Waals surface area contributed by atoms with Crippen LogP contribution in [0.3, 0.4) is 0 Å². The van der Waals surface area contributed by atoms with Crippen molar-refractivity contribution in [2.45, 2.75) is 39.5 Å². The first-order valence-electron chi connectivity index (χ1n) is 6.85. The molecule has 1 aliphatic carbocycles. The van der Waals surface area contributed by atoms with E-state index in [1.54, 1.807) is 6.20 Å². The highest BCUT2D eigenvalue weighted by Gasteiger charge is 2.19. The molecule has 0 aromatic heterocycles. The lowest BCUT2D eigenvalue weighted by molar-refractivity contribution is 0.224. The quantitative estimate of drug-likeness (QED) is 0.669. The van der Waals surface area contributed by atoms with Crippen molar-refractivity contribution >= 4 is 6.21 Å². The van der Waals surface area contributed by atoms with Crippen molar-refractivity contribution in [2.75, 3.05) is 19.6 Å². The Bertz CT molecular complexity index is 254. The Kier molecular flexibility index (Phi) is 6.27. The first kappa shape index (κ1) is 14.2. The van der Waals surface area contributed by atoms with E-state index in [1.165, 1.54) is 38.4 Å². The summed E-state index contributed by atoms with van der Waals surface area (Å²) in [4.78, 5) is 2.51. The number of rotatable bonds is 7. The molecule has 3 heteroatoms. The van der Waals surface area contributed by atoms with E-state index in [9.17, 15) is 0 Å². The first-order valence-corrected chi connectivity index (χ1v) is 6.85. The van der Waals surface area contributed by atoms with Gasteiger partial charge in [0.25, 0.3) is 0 Å². The number of nitrogens with two attached hydrogens (primary N) is 1. The molecule has 1 atom stereocenters. The van der Waals surface area contributed by atoms with E-state index < -0.39 is 0 Å². The van der Waals surface area contributed by atoms with E-state index in [-0.39, 0.29) is 0 Å². The first-order chi connectivity index (χ1) is 8.21. The molecule has 3 N–H and O–H groups in total. The maximum absolute atomic E-state index is 7.32. The van der Waals surface area contributed by atoms with Gasteiger partial charge in [-0.2, -0.15) is 0 Å². The minimum absolute atomic E-state index is 0.360. The average Bonchev–Trinajstić information content (AvgIpc) is 2.82. The molecule has 0 spiro atoms. The van der Waals surface area contributed by atoms with E-state index in [0.717, 1.165) is 24.6 Å². The van der Waals surface area contributed by atoms with Crippen LogP contribution in [0.5, 0.6) is 0 Å². The highest BCUT2D eigenvalue weighted by atomic mass is 15.1. The number of nitrogens with one attached hydrogen (secondary N) is 1. The summed E-state index contributed by atoms with van der Waals surface area (Å²) in [5.74, 6) is 1.26. The Balaban J connectivity index is 2.42. The predicted octanol–water partition coefficient (Wildman–Crippen LogP) is 2.63. The predicted molar refractivity (Wildman–Crippen MR) is 74.3 cm³/mol. The Morgan fingerprint density at radius 2 is 2.12 bits per heavy atom. The van der Waals surface area contributed by atoms with Crippen LogP contribution in [0.25, 0.3) is 0 Å². The second-order valence-corrected chi connectivity index (χ2v) is 5.21. The monoisotopic (exact) mass is 237 g/mol. The van der Waals surface area contributed by atoms with Gasteiger partial charge in [-0.1, -0.05) is 26.7 Å². The van der Waals surface area contributed by atoms with E-state index in [4.69, 9.17) is 11.1 Å². The Hall–Kier alpha value is -0.830. The number of hydrogen-bond donors (Lipinski definition) is 2. The van der Waals surface area contributed by atoms with Crippen LogP contribution in [0.15, 0.2) is 11.8 Å². The molecule has 1 unspecified atom stereocenters. The molecule has 0 amide bonds. The highest BCUT2D eigenvalue weighted by molar-refractivity contribution is 5.76. The topological polar surface area (TPSA) is 53.1 Å². The summed E-state index contributed by atoms with van der Waals surface area (Å²) in [5, 5.41) is 7.32. The molecule has 0 aromatic rings. The fourth-order valence-corrected chi connectivity index (χ4v) is 2.74. The van der Waals surface area contributed by atoms with Crippen molar-refractivity contribution in [1.82, 2.24) is 4.90 Å². The molecular formula is C14H27N3. The third-order valence-corrected chi connectivity index (χ3v) is 3.90. The lowest BCUT2D eigenvalue weighted by atomic mass is 10.0. The summed E-state index contributed by atoms with van der Waals surface area (Å²) in [6, 6.07) is 0. The van der Waals surface area contributed by atoms with Gasteiger partial charge < -0.3 is 16.0 Å². The zero-order valence-electron chi connectivity index (χ0n) is 11.3. The summed E-state index contributed by atoms with van der Waals surface area (Å²) in [6.45, 7) is 7.71. The summed E-state index contributed by atoms with van der Waals surface area (Å²) < 4.78 is 0. The fourth-order valence-electron chi connectivity index (χ4n) is 2.74. The molecule has 0 radical (unpaired) electrons. The molecule has 0 saturated heterocycles. The van der Waals surface area contributed by atoms with Crippen molar-refractivity contribution in [1.29, 1.82) is 5.41 Å². The van der Waals surface area contributed by atoms with Gasteiger partial charge in [0.15, 0.2) is 0 Å². The molecule has 17 heavy (non-hydrogen) atoms. The van der Waals surface area contributed by atoms with Gasteiger partial charge in [0.1, 0.15) is 0 Å². The van der Waals surface area contributed by atoms with Gasteiger partial charge in [0.2, 0.25) is 0 Å². The lowest BCUT2D eigenvalue weighted by Crippen LogP contribution is -2.33. The Labute approximate surface area is 106 Å². The van der Waals surface area contributed by atoms with Crippen LogP contribution in [-0.4, -0.2) is 30.7 Å². The molecule has 1 saturated carbocycles. The zero-order chi connectivity index (χ0) is 12.7. The van der Waals surface area contributed by atoms with E-state index >= 15 is 0 Å². The zero-order valence-corrected chi connectivity index (χ0v) is 11.3. The average molecular weight is 237 g/mol. The van der Waals surface area contributed by atoms with Crippen LogP contribution in [0.2, 0.25) is 0 Å². The molecule has 98 valence electrons. The van der Waals surface area contributed by atoms with Crippen molar-refractivity contribution in [3.8, 4) is 0 Å². The standard InChI is InChI=1S/C14H27N3/c1-3-17(11-13-6-4-5-7-13)10-12(2)14(8-15)9-16/h8-9,12-13,15H,3-7,10-11,16H2,1-2H3/b14-9+,15-8?. The van der Waals surface area contributed by atoms with E-state index in [0.29, 0.717) is 5.92 Å². The Morgan fingerprint density at radius 3 is 2.59 bits per heavy atom. The van der Waals surface area contributed by atoms with Crippen LogP contribution in [0.1, 0.15) is 39.5 Å². The minimum Gasteiger partial charge on any atom is -0.404 e. The van der Waals surface area contributed by atoms with Crippen LogP contribution in [-0.2, 0) is 0 Å². The summed E-state index contributed by atoms with van der Waals surface area (Å²) in [5.41, 5.74) is 6.47. The van der Waals surface area contributed by atoms with E-state index in [1.807, 2.05) is 0 Å². The summed E-state index contributed by atoms with van der Waals surface area (Å²) in [7, 11) is 0. The molecule has 0 heterocycles. The minimum atomic E-state index is 0.360. The largest absolute Gasteiger partial charge is 0.404 e. The van der Waals surface area contributed by atoms with Gasteiger partial charge in [-0.05, 0) is 43.0 Å². The van der Waals surface area contributed by atoms with Crippen LogP contribution in [0.4, 0.5) is 0 Å². The molecule has 1 aliphatic rings. The van der Waals surface area contributed by atoms with Gasteiger partial charge in [0.05, 0.1) is 0 Å². The summed E-state index contributed by atoms with van der Waals surface area (Å²) in [6.07, 6.45) is 8.57. The van der Waals surface area contributed by atoms with Crippen molar-refractivity contribution in [3.63, 3.8) is 0 Å². The van der Waals surface area contributed by atoms with Crippen LogP contribution in [0, 0.1) is 17.2 Å². The van der Waals surface area contributed by atoms with Crippen LogP contribution >= 0.6 is 0 Å². The SMILES string of the molecule is CCN(CC1CCCC1)CC(C)/C(C=N)=C/N. The normalized spacial score (nSPS) is 19.8. The lowest BCUT2D eigenvalue weighted by Gasteiger charge is -2.27. The third kappa shape index (κ3) is 4.50. The number of nitrogens with zero attached hydrogens (tertiary/aromatic N) is 1. The second kappa shape index (κ2) is 7.49. The maximum Gasteiger partial charge on any atom is 0.0227 e. The molecule has 0 bridgehead atoms. The van der Waals surface area contributed by atoms with E-state index in [2.05, 4.69) is 18.7 Å². The van der Waals surface area contributed by atoms with Crippen molar-refractivity contribution < 1.29 is 0 Å². The molecule has 0 aliphatic heterocycles. The molecule has 1 fully saturated rings. The second-order valence-electron chi connectivity index (χ2n) is 5.21. The smallest absolute Gasteiger partial charge is 0.0227 e. The van der Waals surface area contributed by atoms with Crippen molar-refractivity contribution in [2.24, 2.45) is 17.6 Å². The third-order valence-electron chi connectivity index (χ3n) is 3.90. The maximum atomic E-state index is 7.32. The molecular weight excluding hydrogens is 210 g/mol. The van der Waals surface area contributed by atoms with Gasteiger partial charge in [-0.3, -0.25) is 0 Å². The molecule has 1 rings (SSSR count). The number of hydrogen-bond acceptors (Lipinski definition) is 3. The highest BCUT2D eigenvalue weighted by Crippen LogP contribution is 2.25. The Morgan fingerprint density at radius 1 is 1.47 bits per heavy atom.